The van der Waals surface area contributed by atoms with Crippen molar-refractivity contribution < 1.29 is 0 Å². The fourth-order valence-corrected chi connectivity index (χ4v) is 2.06. The fourth-order valence-electron chi connectivity index (χ4n) is 2.06. The highest BCUT2D eigenvalue weighted by atomic mass is 14.7. The lowest BCUT2D eigenvalue weighted by molar-refractivity contribution is 0.538. The lowest BCUT2D eigenvalue weighted by atomic mass is 9.90. The molecule has 0 aliphatic carbocycles. The van der Waals surface area contributed by atoms with Gasteiger partial charge in [-0.25, -0.2) is 0 Å². The van der Waals surface area contributed by atoms with E-state index in [1.54, 1.807) is 0 Å². The maximum atomic E-state index is 3.39. The van der Waals surface area contributed by atoms with Gasteiger partial charge in [0, 0.05) is 17.1 Å². The number of aryl methyl sites for hydroxylation is 1. The number of para-hydroxylation sites is 1. The minimum absolute atomic E-state index is 0.612. The Hall–Kier alpha value is -1.24. The molecule has 0 spiro atoms. The Balaban J connectivity index is 2.59. The van der Waals surface area contributed by atoms with E-state index in [1.807, 2.05) is 0 Å². The molecular weight excluding hydrogens is 182 g/mol. The normalized spacial score (nSPS) is 13.7. The highest BCUT2D eigenvalue weighted by Crippen LogP contribution is 2.31. The van der Waals surface area contributed by atoms with Crippen LogP contribution in [0.3, 0.4) is 0 Å². The summed E-state index contributed by atoms with van der Waals surface area (Å²) in [5, 5.41) is 1.39. The van der Waals surface area contributed by atoms with E-state index >= 15 is 0 Å². The van der Waals surface area contributed by atoms with Crippen molar-refractivity contribution in [1.29, 1.82) is 0 Å². The van der Waals surface area contributed by atoms with Crippen molar-refractivity contribution >= 4 is 10.9 Å². The van der Waals surface area contributed by atoms with Gasteiger partial charge in [0.15, 0.2) is 0 Å². The second-order valence-electron chi connectivity index (χ2n) is 4.77. The van der Waals surface area contributed by atoms with Crippen molar-refractivity contribution in [3.05, 3.63) is 35.5 Å². The molecule has 0 aliphatic heterocycles. The summed E-state index contributed by atoms with van der Waals surface area (Å²) in [5.74, 6) is 1.30. The SMILES string of the molecule is Cc1cccc2c(C(C)C(C)C)c[nH]c12. The van der Waals surface area contributed by atoms with Crippen LogP contribution in [-0.2, 0) is 0 Å². The van der Waals surface area contributed by atoms with Crippen LogP contribution in [0.4, 0.5) is 0 Å². The Morgan fingerprint density at radius 3 is 2.53 bits per heavy atom. The van der Waals surface area contributed by atoms with Gasteiger partial charge < -0.3 is 4.98 Å². The number of nitrogens with one attached hydrogen (secondary N) is 1. The van der Waals surface area contributed by atoms with Gasteiger partial charge in [0.2, 0.25) is 0 Å². The quantitative estimate of drug-likeness (QED) is 0.748. The third-order valence-electron chi connectivity index (χ3n) is 3.45. The molecule has 1 unspecified atom stereocenters. The molecule has 1 aromatic carbocycles. The van der Waals surface area contributed by atoms with Crippen molar-refractivity contribution in [3.8, 4) is 0 Å². The van der Waals surface area contributed by atoms with E-state index in [1.165, 1.54) is 22.0 Å². The van der Waals surface area contributed by atoms with Crippen molar-refractivity contribution in [3.63, 3.8) is 0 Å². The van der Waals surface area contributed by atoms with Gasteiger partial charge in [-0.05, 0) is 29.9 Å². The molecule has 0 aliphatic rings. The zero-order chi connectivity index (χ0) is 11.0. The average molecular weight is 201 g/mol. The van der Waals surface area contributed by atoms with Gasteiger partial charge in [0.05, 0.1) is 0 Å². The van der Waals surface area contributed by atoms with Crippen molar-refractivity contribution in [2.75, 3.05) is 0 Å². The summed E-state index contributed by atoms with van der Waals surface area (Å²) in [6, 6.07) is 6.51. The Morgan fingerprint density at radius 2 is 1.87 bits per heavy atom. The topological polar surface area (TPSA) is 15.8 Å². The van der Waals surface area contributed by atoms with Crippen LogP contribution in [0.1, 0.15) is 37.8 Å². The summed E-state index contributed by atoms with van der Waals surface area (Å²) < 4.78 is 0. The first kappa shape index (κ1) is 10.3. The molecule has 1 heterocycles. The second-order valence-corrected chi connectivity index (χ2v) is 4.77. The number of rotatable bonds is 2. The van der Waals surface area contributed by atoms with Gasteiger partial charge >= 0.3 is 0 Å². The van der Waals surface area contributed by atoms with E-state index in [9.17, 15) is 0 Å². The van der Waals surface area contributed by atoms with Gasteiger partial charge in [-0.2, -0.15) is 0 Å². The number of aromatic amines is 1. The molecule has 80 valence electrons. The number of H-pyrrole nitrogens is 1. The molecule has 0 saturated carbocycles. The maximum Gasteiger partial charge on any atom is 0.0486 e. The summed E-state index contributed by atoms with van der Waals surface area (Å²) in [4.78, 5) is 3.39. The van der Waals surface area contributed by atoms with Gasteiger partial charge in [-0.15, -0.1) is 0 Å². The maximum absolute atomic E-state index is 3.39. The predicted octanol–water partition coefficient (Wildman–Crippen LogP) is 4.24. The van der Waals surface area contributed by atoms with Crippen LogP contribution in [-0.4, -0.2) is 4.98 Å². The van der Waals surface area contributed by atoms with E-state index in [0.717, 1.165) is 0 Å². The third kappa shape index (κ3) is 1.67. The largest absolute Gasteiger partial charge is 0.361 e. The summed E-state index contributed by atoms with van der Waals surface area (Å²) >= 11 is 0. The number of hydrogen-bond acceptors (Lipinski definition) is 0. The molecule has 1 N–H and O–H groups in total. The smallest absolute Gasteiger partial charge is 0.0486 e. The summed E-state index contributed by atoms with van der Waals surface area (Å²) in [6.45, 7) is 9.01. The Labute approximate surface area is 91.5 Å². The lowest BCUT2D eigenvalue weighted by Gasteiger charge is -2.14. The van der Waals surface area contributed by atoms with Crippen LogP contribution < -0.4 is 0 Å². The van der Waals surface area contributed by atoms with Crippen LogP contribution in [0.25, 0.3) is 10.9 Å². The minimum atomic E-state index is 0.612. The highest BCUT2D eigenvalue weighted by molar-refractivity contribution is 5.86. The molecule has 0 bridgehead atoms. The van der Waals surface area contributed by atoms with Gasteiger partial charge in [0.1, 0.15) is 0 Å². The van der Waals surface area contributed by atoms with E-state index in [-0.39, 0.29) is 0 Å². The van der Waals surface area contributed by atoms with Gasteiger partial charge in [-0.1, -0.05) is 39.0 Å². The van der Waals surface area contributed by atoms with Gasteiger partial charge in [-0.3, -0.25) is 0 Å². The summed E-state index contributed by atoms with van der Waals surface area (Å²) in [6.07, 6.45) is 2.17. The Bertz CT molecular complexity index is 465. The monoisotopic (exact) mass is 201 g/mol. The van der Waals surface area contributed by atoms with E-state index in [2.05, 4.69) is 57.1 Å². The first-order valence-corrected chi connectivity index (χ1v) is 5.68. The molecule has 1 atom stereocenters. The zero-order valence-electron chi connectivity index (χ0n) is 9.96. The number of aromatic nitrogens is 1. The highest BCUT2D eigenvalue weighted by Gasteiger charge is 2.14. The number of hydrogen-bond donors (Lipinski definition) is 1. The van der Waals surface area contributed by atoms with Gasteiger partial charge in [0.25, 0.3) is 0 Å². The molecular formula is C14H19N. The number of benzene rings is 1. The molecule has 0 radical (unpaired) electrons. The van der Waals surface area contributed by atoms with E-state index in [0.29, 0.717) is 11.8 Å². The van der Waals surface area contributed by atoms with Crippen molar-refractivity contribution in [1.82, 2.24) is 4.98 Å². The average Bonchev–Trinajstić information content (AvgIpc) is 2.61. The zero-order valence-corrected chi connectivity index (χ0v) is 9.96. The molecule has 1 nitrogen and oxygen atoms in total. The molecule has 0 fully saturated rings. The van der Waals surface area contributed by atoms with E-state index in [4.69, 9.17) is 0 Å². The lowest BCUT2D eigenvalue weighted by Crippen LogP contribution is -2.00. The fraction of sp³-hybridized carbons (Fsp3) is 0.429. The first-order chi connectivity index (χ1) is 7.11. The van der Waals surface area contributed by atoms with Crippen molar-refractivity contribution in [2.45, 2.75) is 33.6 Å². The third-order valence-corrected chi connectivity index (χ3v) is 3.45. The Morgan fingerprint density at radius 1 is 1.13 bits per heavy atom. The van der Waals surface area contributed by atoms with Crippen LogP contribution >= 0.6 is 0 Å². The van der Waals surface area contributed by atoms with Crippen LogP contribution in [0.5, 0.6) is 0 Å². The first-order valence-electron chi connectivity index (χ1n) is 5.68. The molecule has 0 amide bonds. The van der Waals surface area contributed by atoms with Crippen LogP contribution in [0.15, 0.2) is 24.4 Å². The molecule has 1 heteroatoms. The van der Waals surface area contributed by atoms with Crippen LogP contribution in [0, 0.1) is 12.8 Å². The molecule has 2 aromatic rings. The summed E-state index contributed by atoms with van der Waals surface area (Å²) in [7, 11) is 0. The Kier molecular flexibility index (Phi) is 2.56. The second kappa shape index (κ2) is 3.73. The van der Waals surface area contributed by atoms with Crippen LogP contribution in [0.2, 0.25) is 0 Å². The van der Waals surface area contributed by atoms with E-state index < -0.39 is 0 Å². The molecule has 0 saturated heterocycles. The standard InChI is InChI=1S/C14H19N/c1-9(2)11(4)13-8-15-14-10(3)6-5-7-12(13)14/h5-9,11,15H,1-4H3. The summed E-state index contributed by atoms with van der Waals surface area (Å²) in [5.41, 5.74) is 4.07. The van der Waals surface area contributed by atoms with Crippen molar-refractivity contribution in [2.24, 2.45) is 5.92 Å². The minimum Gasteiger partial charge on any atom is -0.361 e. The molecule has 2 rings (SSSR count). The number of fused-ring (bicyclic) bond motifs is 1. The molecule has 15 heavy (non-hydrogen) atoms. The predicted molar refractivity (Wildman–Crippen MR) is 66.3 cm³/mol. The molecule has 1 aromatic heterocycles.